The molecule has 2 amide bonds. The Morgan fingerprint density at radius 2 is 2.06 bits per heavy atom. The fourth-order valence-corrected chi connectivity index (χ4v) is 1.49. The summed E-state index contributed by atoms with van der Waals surface area (Å²) < 4.78 is 0. The number of primary amides is 1. The van der Waals surface area contributed by atoms with Gasteiger partial charge in [0.25, 0.3) is 0 Å². The van der Waals surface area contributed by atoms with E-state index in [1.807, 2.05) is 19.0 Å². The van der Waals surface area contributed by atoms with Crippen molar-refractivity contribution in [3.63, 3.8) is 0 Å². The van der Waals surface area contributed by atoms with Crippen molar-refractivity contribution in [2.75, 3.05) is 40.8 Å². The molecular weight excluding hydrogens is 230 g/mol. The number of rotatable bonds is 4. The Bertz CT molecular complexity index is 282. The van der Waals surface area contributed by atoms with Gasteiger partial charge in [0.15, 0.2) is 0 Å². The number of nitrogens with two attached hydrogens (primary N) is 1. The van der Waals surface area contributed by atoms with E-state index in [2.05, 4.69) is 29.0 Å². The summed E-state index contributed by atoms with van der Waals surface area (Å²) in [6, 6.07) is -0.566. The fourth-order valence-electron chi connectivity index (χ4n) is 1.49. The van der Waals surface area contributed by atoms with E-state index in [1.54, 1.807) is 6.20 Å². The van der Waals surface area contributed by atoms with Crippen LogP contribution in [0.15, 0.2) is 16.9 Å². The Balaban J connectivity index is 0.000000397. The molecule has 104 valence electrons. The predicted molar refractivity (Wildman–Crippen MR) is 75.6 cm³/mol. The molecule has 0 aliphatic carbocycles. The molecule has 18 heavy (non-hydrogen) atoms. The lowest BCUT2D eigenvalue weighted by molar-refractivity contribution is 0.249. The molecule has 6 heteroatoms. The zero-order chi connectivity index (χ0) is 14.0. The average Bonchev–Trinajstić information content (AvgIpc) is 2.75. The lowest BCUT2D eigenvalue weighted by atomic mass is 10.4. The van der Waals surface area contributed by atoms with Crippen LogP contribution in [-0.2, 0) is 0 Å². The summed E-state index contributed by atoms with van der Waals surface area (Å²) in [4.78, 5) is 18.2. The van der Waals surface area contributed by atoms with Crippen molar-refractivity contribution >= 4 is 12.7 Å². The number of carbonyl (C=O) groups excluding carboxylic acids is 1. The Hall–Kier alpha value is -1.56. The number of hydrogen-bond donors (Lipinski definition) is 2. The van der Waals surface area contributed by atoms with Crippen molar-refractivity contribution < 1.29 is 4.79 Å². The maximum Gasteiger partial charge on any atom is 0.312 e. The molecule has 3 N–H and O–H groups in total. The van der Waals surface area contributed by atoms with Crippen molar-refractivity contribution in [2.24, 2.45) is 10.7 Å². The first-order chi connectivity index (χ1) is 8.45. The number of nitrogens with one attached hydrogen (secondary N) is 1. The summed E-state index contributed by atoms with van der Waals surface area (Å²) in [6.45, 7) is 6.30. The Labute approximate surface area is 110 Å². The summed E-state index contributed by atoms with van der Waals surface area (Å²) in [6.07, 6.45) is 4.58. The van der Waals surface area contributed by atoms with Crippen LogP contribution >= 0.6 is 0 Å². The van der Waals surface area contributed by atoms with Crippen molar-refractivity contribution in [3.05, 3.63) is 11.9 Å². The lowest BCUT2D eigenvalue weighted by Crippen LogP contribution is -2.31. The smallest absolute Gasteiger partial charge is 0.312 e. The van der Waals surface area contributed by atoms with Crippen molar-refractivity contribution in [2.45, 2.75) is 12.8 Å². The molecule has 6 nitrogen and oxygen atoms in total. The molecule has 1 fully saturated rings. The minimum absolute atomic E-state index is 0.303. The van der Waals surface area contributed by atoms with Crippen molar-refractivity contribution in [3.8, 4) is 0 Å². The molecule has 0 unspecified atom stereocenters. The van der Waals surface area contributed by atoms with Crippen LogP contribution in [-0.4, -0.2) is 63.3 Å². The highest BCUT2D eigenvalue weighted by molar-refractivity contribution is 5.71. The van der Waals surface area contributed by atoms with Gasteiger partial charge in [-0.25, -0.2) is 4.79 Å². The maximum atomic E-state index is 10.3. The van der Waals surface area contributed by atoms with Crippen LogP contribution in [0.3, 0.4) is 0 Å². The second-order valence-electron chi connectivity index (χ2n) is 4.47. The zero-order valence-corrected chi connectivity index (χ0v) is 11.6. The van der Waals surface area contributed by atoms with Crippen molar-refractivity contribution in [1.29, 1.82) is 0 Å². The van der Waals surface area contributed by atoms with Crippen LogP contribution in [0.5, 0.6) is 0 Å². The highest BCUT2D eigenvalue weighted by atomic mass is 16.2. The van der Waals surface area contributed by atoms with Gasteiger partial charge in [-0.15, -0.1) is 0 Å². The van der Waals surface area contributed by atoms with Gasteiger partial charge in [-0.05, 0) is 39.7 Å². The first-order valence-corrected chi connectivity index (χ1v) is 6.01. The van der Waals surface area contributed by atoms with Crippen LogP contribution in [0.25, 0.3) is 0 Å². The Morgan fingerprint density at radius 1 is 1.50 bits per heavy atom. The van der Waals surface area contributed by atoms with E-state index in [1.165, 1.54) is 25.9 Å². The largest absolute Gasteiger partial charge is 0.382 e. The molecule has 1 aliphatic heterocycles. The van der Waals surface area contributed by atoms with Crippen LogP contribution in [0.2, 0.25) is 0 Å². The molecule has 0 atom stereocenters. The van der Waals surface area contributed by atoms with Crippen LogP contribution in [0, 0.1) is 0 Å². The first kappa shape index (κ1) is 16.4. The van der Waals surface area contributed by atoms with Gasteiger partial charge in [0, 0.05) is 20.3 Å². The number of urea groups is 1. The Morgan fingerprint density at radius 3 is 2.33 bits per heavy atom. The molecule has 0 saturated carbocycles. The van der Waals surface area contributed by atoms with Gasteiger partial charge in [0.2, 0.25) is 0 Å². The van der Waals surface area contributed by atoms with Crippen LogP contribution in [0.4, 0.5) is 4.79 Å². The predicted octanol–water partition coefficient (Wildman–Crippen LogP) is 0.470. The van der Waals surface area contributed by atoms with Gasteiger partial charge >= 0.3 is 6.03 Å². The zero-order valence-electron chi connectivity index (χ0n) is 11.6. The van der Waals surface area contributed by atoms with E-state index in [4.69, 9.17) is 5.73 Å². The molecular formula is C12H25N5O. The topological polar surface area (TPSA) is 74.0 Å². The molecule has 0 aromatic rings. The normalized spacial score (nSPS) is 15.6. The third-order valence-electron chi connectivity index (χ3n) is 2.38. The molecule has 1 rings (SSSR count). The van der Waals surface area contributed by atoms with Crippen LogP contribution in [0.1, 0.15) is 12.8 Å². The number of carbonyl (C=O) groups is 1. The second kappa shape index (κ2) is 9.47. The number of nitrogens with zero attached hydrogens (tertiary/aromatic N) is 3. The molecule has 0 bridgehead atoms. The van der Waals surface area contributed by atoms with E-state index in [0.717, 1.165) is 0 Å². The molecule has 0 aromatic heterocycles. The van der Waals surface area contributed by atoms with E-state index < -0.39 is 6.03 Å². The first-order valence-electron chi connectivity index (χ1n) is 6.01. The quantitative estimate of drug-likeness (QED) is 0.717. The number of likely N-dealkylation sites (tertiary alicyclic amines) is 1. The maximum absolute atomic E-state index is 10.3. The van der Waals surface area contributed by atoms with Gasteiger partial charge < -0.3 is 20.9 Å². The Kier molecular flexibility index (Phi) is 8.65. The summed E-state index contributed by atoms with van der Waals surface area (Å²) in [5.74, 6) is 0. The molecule has 1 saturated heterocycles. The highest BCUT2D eigenvalue weighted by Gasteiger charge is 2.03. The number of aliphatic imine (C=N–C) groups is 1. The minimum Gasteiger partial charge on any atom is -0.382 e. The molecule has 1 heterocycles. The van der Waals surface area contributed by atoms with Gasteiger partial charge in [0.1, 0.15) is 0 Å². The molecule has 0 radical (unpaired) electrons. The molecule has 1 aliphatic rings. The van der Waals surface area contributed by atoms with Crippen LogP contribution < -0.4 is 11.1 Å². The monoisotopic (exact) mass is 255 g/mol. The number of amides is 2. The summed E-state index contributed by atoms with van der Waals surface area (Å²) in [5.41, 5.74) is 5.54. The van der Waals surface area contributed by atoms with Gasteiger partial charge in [0.05, 0.1) is 12.2 Å². The standard InChI is InChI=1S/C7H14N4O.C5H11N/c1-9-6(5-11(2)3)4-10-7(8)12;1-6-4-2-3-5-6/h5H,1,4H2,2-3H3,(H3,8,10,12);2-5H2,1H3/b6-5-;. The minimum atomic E-state index is -0.566. The molecule has 0 spiro atoms. The molecule has 0 aromatic carbocycles. The third-order valence-corrected chi connectivity index (χ3v) is 2.38. The fraction of sp³-hybridized carbons (Fsp3) is 0.667. The summed E-state index contributed by atoms with van der Waals surface area (Å²) in [7, 11) is 5.89. The van der Waals surface area contributed by atoms with Crippen molar-refractivity contribution in [1.82, 2.24) is 15.1 Å². The summed E-state index contributed by atoms with van der Waals surface area (Å²) in [5, 5.41) is 2.41. The van der Waals surface area contributed by atoms with Gasteiger partial charge in [-0.1, -0.05) is 0 Å². The van der Waals surface area contributed by atoms with E-state index >= 15 is 0 Å². The second-order valence-corrected chi connectivity index (χ2v) is 4.47. The summed E-state index contributed by atoms with van der Waals surface area (Å²) >= 11 is 0. The lowest BCUT2D eigenvalue weighted by Gasteiger charge is -2.07. The van der Waals surface area contributed by atoms with E-state index in [0.29, 0.717) is 12.2 Å². The van der Waals surface area contributed by atoms with Gasteiger partial charge in [-0.3, -0.25) is 4.99 Å². The van der Waals surface area contributed by atoms with Gasteiger partial charge in [-0.2, -0.15) is 0 Å². The third kappa shape index (κ3) is 9.65. The highest BCUT2D eigenvalue weighted by Crippen LogP contribution is 2.02. The van der Waals surface area contributed by atoms with E-state index in [-0.39, 0.29) is 0 Å². The average molecular weight is 255 g/mol. The van der Waals surface area contributed by atoms with E-state index in [9.17, 15) is 4.79 Å². The number of hydrogen-bond acceptors (Lipinski definition) is 4. The SMILES string of the molecule is C=N/C(=C\N(C)C)CNC(N)=O.CN1CCCC1.